The van der Waals surface area contributed by atoms with Gasteiger partial charge in [-0.15, -0.1) is 0 Å². The molecule has 0 bridgehead atoms. The van der Waals surface area contributed by atoms with Gasteiger partial charge in [-0.3, -0.25) is 0 Å². The van der Waals surface area contributed by atoms with Crippen LogP contribution in [0.5, 0.6) is 0 Å². The molecule has 0 spiro atoms. The van der Waals surface area contributed by atoms with E-state index < -0.39 is 31.1 Å². The summed E-state index contributed by atoms with van der Waals surface area (Å²) in [7, 11) is -2.55. The van der Waals surface area contributed by atoms with Crippen molar-refractivity contribution in [2.45, 2.75) is 65.1 Å². The lowest BCUT2D eigenvalue weighted by Gasteiger charge is -2.43. The first-order chi connectivity index (χ1) is 7.68. The second-order valence-corrected chi connectivity index (χ2v) is 20.7. The summed E-state index contributed by atoms with van der Waals surface area (Å²) in [5.41, 5.74) is 0. The summed E-state index contributed by atoms with van der Waals surface area (Å²) >= 11 is 0. The van der Waals surface area contributed by atoms with Crippen LogP contribution in [-0.4, -0.2) is 41.6 Å². The second kappa shape index (κ2) is 6.00. The Kier molecular flexibility index (Phi) is 6.23. The normalized spacial score (nSPS) is 15.0. The van der Waals surface area contributed by atoms with Gasteiger partial charge < -0.3 is 17.7 Å². The van der Waals surface area contributed by atoms with Gasteiger partial charge in [0.1, 0.15) is 0 Å². The van der Waals surface area contributed by atoms with E-state index in [1.165, 1.54) is 0 Å². The molecule has 18 heavy (non-hydrogen) atoms. The monoisotopic (exact) mass is 323 g/mol. The highest BCUT2D eigenvalue weighted by molar-refractivity contribution is 6.72. The van der Waals surface area contributed by atoms with Gasteiger partial charge in [0.15, 0.2) is 25.0 Å². The first kappa shape index (κ1) is 18.7. The number of rotatable bonds is 7. The minimum absolute atomic E-state index is 1.41. The lowest BCUT2D eigenvalue weighted by atomic mass is 11.2. The Morgan fingerprint density at radius 2 is 0.833 bits per heavy atom. The summed E-state index contributed by atoms with van der Waals surface area (Å²) in [5, 5.41) is 0. The predicted molar refractivity (Wildman–Crippen MR) is 82.9 cm³/mol. The lowest BCUT2D eigenvalue weighted by molar-refractivity contribution is -0.383. The first-order valence-electron chi connectivity index (χ1n) is 6.13. The van der Waals surface area contributed by atoms with Crippen LogP contribution < -0.4 is 0 Å². The summed E-state index contributed by atoms with van der Waals surface area (Å²) in [6.07, 6.45) is -1.41. The van der Waals surface area contributed by atoms with E-state index in [4.69, 9.17) is 17.7 Å². The minimum Gasteiger partial charge on any atom is -0.350 e. The SMILES string of the molecule is C[Si](C)(C)OC(O[Si])(O[Si](C)(C)C)O[Si](C)(C)C. The molecule has 0 aliphatic rings. The molecule has 0 aromatic carbocycles. The lowest BCUT2D eigenvalue weighted by Crippen LogP contribution is -2.57. The molecule has 3 radical (unpaired) electrons. The maximum absolute atomic E-state index is 6.02. The molecule has 0 amide bonds. The van der Waals surface area contributed by atoms with Crippen LogP contribution in [0, 0.1) is 0 Å². The van der Waals surface area contributed by atoms with Gasteiger partial charge in [-0.1, -0.05) is 0 Å². The maximum atomic E-state index is 6.02. The molecule has 4 nitrogen and oxygen atoms in total. The van der Waals surface area contributed by atoms with E-state index in [0.717, 1.165) is 0 Å². The summed E-state index contributed by atoms with van der Waals surface area (Å²) in [6, 6.07) is 0. The Hall–Kier alpha value is 0.708. The van der Waals surface area contributed by atoms with Crippen molar-refractivity contribution in [1.82, 2.24) is 0 Å². The molecular formula is C10H27O4Si4. The van der Waals surface area contributed by atoms with Gasteiger partial charge in [0.05, 0.1) is 0 Å². The molecular weight excluding hydrogens is 296 g/mol. The van der Waals surface area contributed by atoms with Crippen LogP contribution in [0.1, 0.15) is 0 Å². The average Bonchev–Trinajstić information content (AvgIpc) is 1.93. The molecule has 0 fully saturated rings. The molecule has 0 aliphatic carbocycles. The predicted octanol–water partition coefficient (Wildman–Crippen LogP) is 3.25. The highest BCUT2D eigenvalue weighted by Crippen LogP contribution is 2.29. The van der Waals surface area contributed by atoms with Crippen LogP contribution in [0.2, 0.25) is 58.9 Å². The summed E-state index contributed by atoms with van der Waals surface area (Å²) in [5.74, 6) is 0. The molecule has 0 rings (SSSR count). The molecule has 0 aliphatic heterocycles. The van der Waals surface area contributed by atoms with Crippen LogP contribution in [0.4, 0.5) is 0 Å². The fraction of sp³-hybridized carbons (Fsp3) is 1.00. The summed E-state index contributed by atoms with van der Waals surface area (Å²) in [6.45, 7) is 18.7. The molecule has 0 unspecified atom stereocenters. The van der Waals surface area contributed by atoms with E-state index in [2.05, 4.69) is 69.4 Å². The third-order valence-electron chi connectivity index (χ3n) is 1.42. The fourth-order valence-electron chi connectivity index (χ4n) is 1.25. The number of hydrogen-bond donors (Lipinski definition) is 0. The van der Waals surface area contributed by atoms with Crippen molar-refractivity contribution >= 4 is 35.4 Å². The molecule has 0 saturated carbocycles. The van der Waals surface area contributed by atoms with E-state index in [-0.39, 0.29) is 0 Å². The molecule has 0 aromatic rings. The van der Waals surface area contributed by atoms with Gasteiger partial charge in [0.25, 0.3) is 10.5 Å². The van der Waals surface area contributed by atoms with Crippen molar-refractivity contribution in [3.8, 4) is 0 Å². The van der Waals surface area contributed by atoms with Gasteiger partial charge in [0, 0.05) is 0 Å². The van der Waals surface area contributed by atoms with Crippen molar-refractivity contribution in [2.24, 2.45) is 0 Å². The minimum atomic E-state index is -1.87. The van der Waals surface area contributed by atoms with E-state index in [1.807, 2.05) is 0 Å². The van der Waals surface area contributed by atoms with E-state index in [1.54, 1.807) is 0 Å². The van der Waals surface area contributed by atoms with Crippen molar-refractivity contribution in [3.63, 3.8) is 0 Å². The fourth-order valence-corrected chi connectivity index (χ4v) is 4.50. The standard InChI is InChI=1S/C10H27O4Si4/c1-16(2,3)12-10(11-15,13-17(4,5)6)14-18(7,8)9/h1-9H3. The zero-order valence-corrected chi connectivity index (χ0v) is 17.1. The van der Waals surface area contributed by atoms with Crippen molar-refractivity contribution in [1.29, 1.82) is 0 Å². The van der Waals surface area contributed by atoms with Crippen LogP contribution in [-0.2, 0) is 17.7 Å². The maximum Gasteiger partial charge on any atom is 0.373 e. The van der Waals surface area contributed by atoms with Crippen LogP contribution in [0.15, 0.2) is 0 Å². The topological polar surface area (TPSA) is 36.9 Å². The highest BCUT2D eigenvalue weighted by atomic mass is 28.4. The van der Waals surface area contributed by atoms with Crippen molar-refractivity contribution in [3.05, 3.63) is 0 Å². The zero-order valence-electron chi connectivity index (χ0n) is 13.1. The van der Waals surface area contributed by atoms with E-state index in [0.29, 0.717) is 0 Å². The summed E-state index contributed by atoms with van der Waals surface area (Å²) < 4.78 is 23.4. The van der Waals surface area contributed by atoms with E-state index >= 15 is 0 Å². The van der Waals surface area contributed by atoms with Crippen molar-refractivity contribution < 1.29 is 17.7 Å². The van der Waals surface area contributed by atoms with Gasteiger partial charge in [-0.2, -0.15) is 0 Å². The van der Waals surface area contributed by atoms with Gasteiger partial charge >= 0.3 is 6.16 Å². The molecule has 0 saturated heterocycles. The van der Waals surface area contributed by atoms with E-state index in [9.17, 15) is 0 Å². The van der Waals surface area contributed by atoms with Crippen LogP contribution in [0.25, 0.3) is 0 Å². The van der Waals surface area contributed by atoms with Gasteiger partial charge in [-0.25, -0.2) is 0 Å². The smallest absolute Gasteiger partial charge is 0.350 e. The highest BCUT2D eigenvalue weighted by Gasteiger charge is 2.45. The molecule has 0 atom stereocenters. The largest absolute Gasteiger partial charge is 0.373 e. The zero-order chi connectivity index (χ0) is 14.8. The second-order valence-electron chi connectivity index (χ2n) is 7.25. The Balaban J connectivity index is 5.20. The van der Waals surface area contributed by atoms with Crippen LogP contribution >= 0.6 is 0 Å². The van der Waals surface area contributed by atoms with Crippen LogP contribution in [0.3, 0.4) is 0 Å². The Bertz CT molecular complexity index is 224. The molecule has 0 aromatic heterocycles. The van der Waals surface area contributed by atoms with Gasteiger partial charge in [-0.05, 0) is 58.9 Å². The molecule has 0 N–H and O–H groups in total. The Morgan fingerprint density at radius 1 is 0.611 bits per heavy atom. The molecule has 8 heteroatoms. The number of hydrogen-bond acceptors (Lipinski definition) is 4. The third-order valence-corrected chi connectivity index (χ3v) is 4.26. The molecule has 107 valence electrons. The quantitative estimate of drug-likeness (QED) is 0.532. The summed E-state index contributed by atoms with van der Waals surface area (Å²) in [4.78, 5) is 0. The Morgan fingerprint density at radius 3 is 0.944 bits per heavy atom. The van der Waals surface area contributed by atoms with Gasteiger partial charge in [0.2, 0.25) is 0 Å². The van der Waals surface area contributed by atoms with Crippen molar-refractivity contribution in [2.75, 3.05) is 0 Å². The Labute approximate surface area is 118 Å². The average molecular weight is 324 g/mol. The molecule has 0 heterocycles. The third kappa shape index (κ3) is 8.75. The first-order valence-corrected chi connectivity index (χ1v) is 16.8.